The molecule has 0 spiro atoms. The van der Waals surface area contributed by atoms with Gasteiger partial charge in [-0.1, -0.05) is 0 Å². The van der Waals surface area contributed by atoms with Crippen LogP contribution in [0.2, 0.25) is 0 Å². The average molecular weight is 315 g/mol. The molecule has 1 aromatic carbocycles. The van der Waals surface area contributed by atoms with Gasteiger partial charge in [-0.15, -0.1) is 0 Å². The number of aromatic amines is 1. The standard InChI is InChI=1S/C16H21N5O2/c1-11-18-14(21-20-11)12-2-4-13(5-3-12)19-15(22)16(10-17)6-8-23-9-7-16/h2-5H,6-10,17H2,1H3,(H,19,22)(H,18,20,21). The number of carbonyl (C=O) groups is 1. The van der Waals surface area contributed by atoms with Crippen molar-refractivity contribution in [2.24, 2.45) is 11.1 Å². The number of ether oxygens (including phenoxy) is 1. The fraction of sp³-hybridized carbons (Fsp3) is 0.438. The van der Waals surface area contributed by atoms with E-state index >= 15 is 0 Å². The van der Waals surface area contributed by atoms with E-state index in [1.165, 1.54) is 0 Å². The second kappa shape index (κ2) is 6.47. The largest absolute Gasteiger partial charge is 0.381 e. The number of aryl methyl sites for hydroxylation is 1. The van der Waals surface area contributed by atoms with Crippen LogP contribution < -0.4 is 11.1 Å². The van der Waals surface area contributed by atoms with Crippen molar-refractivity contribution < 1.29 is 9.53 Å². The molecular weight excluding hydrogens is 294 g/mol. The lowest BCUT2D eigenvalue weighted by atomic mass is 9.79. The molecule has 2 aromatic rings. The summed E-state index contributed by atoms with van der Waals surface area (Å²) in [4.78, 5) is 16.9. The van der Waals surface area contributed by atoms with Crippen molar-refractivity contribution in [1.29, 1.82) is 0 Å². The predicted octanol–water partition coefficient (Wildman–Crippen LogP) is 1.47. The first kappa shape index (κ1) is 15.6. The number of hydrogen-bond donors (Lipinski definition) is 3. The minimum atomic E-state index is -0.530. The maximum absolute atomic E-state index is 12.6. The summed E-state index contributed by atoms with van der Waals surface area (Å²) in [5, 5.41) is 9.90. The summed E-state index contributed by atoms with van der Waals surface area (Å²) in [6.07, 6.45) is 1.31. The number of nitrogens with two attached hydrogens (primary N) is 1. The van der Waals surface area contributed by atoms with E-state index in [4.69, 9.17) is 10.5 Å². The number of anilines is 1. The van der Waals surface area contributed by atoms with Gasteiger partial charge in [0.2, 0.25) is 5.91 Å². The number of nitrogens with zero attached hydrogens (tertiary/aromatic N) is 2. The third-order valence-corrected chi connectivity index (χ3v) is 4.32. The van der Waals surface area contributed by atoms with Crippen molar-refractivity contribution in [3.8, 4) is 11.4 Å². The van der Waals surface area contributed by atoms with Crippen LogP contribution >= 0.6 is 0 Å². The second-order valence-corrected chi connectivity index (χ2v) is 5.87. The van der Waals surface area contributed by atoms with Crippen LogP contribution in [0, 0.1) is 12.3 Å². The van der Waals surface area contributed by atoms with Crippen molar-refractivity contribution in [1.82, 2.24) is 15.2 Å². The van der Waals surface area contributed by atoms with Gasteiger partial charge in [-0.25, -0.2) is 4.98 Å². The Labute approximate surface area is 134 Å². The van der Waals surface area contributed by atoms with Gasteiger partial charge >= 0.3 is 0 Å². The Morgan fingerprint density at radius 1 is 1.35 bits per heavy atom. The van der Waals surface area contributed by atoms with E-state index in [1.807, 2.05) is 31.2 Å². The van der Waals surface area contributed by atoms with Crippen molar-refractivity contribution in [3.05, 3.63) is 30.1 Å². The summed E-state index contributed by atoms with van der Waals surface area (Å²) in [7, 11) is 0. The van der Waals surface area contributed by atoms with Crippen LogP contribution in [0.3, 0.4) is 0 Å². The van der Waals surface area contributed by atoms with Crippen molar-refractivity contribution >= 4 is 11.6 Å². The SMILES string of the molecule is Cc1nc(-c2ccc(NC(=O)C3(CN)CCOCC3)cc2)n[nH]1. The first-order valence-corrected chi connectivity index (χ1v) is 7.72. The van der Waals surface area contributed by atoms with Crippen LogP contribution in [-0.4, -0.2) is 40.8 Å². The Hall–Kier alpha value is -2.25. The summed E-state index contributed by atoms with van der Waals surface area (Å²) in [5.74, 6) is 1.37. The van der Waals surface area contributed by atoms with E-state index in [1.54, 1.807) is 0 Å². The molecule has 1 fully saturated rings. The molecule has 0 radical (unpaired) electrons. The highest BCUT2D eigenvalue weighted by molar-refractivity contribution is 5.95. The summed E-state index contributed by atoms with van der Waals surface area (Å²) in [5.41, 5.74) is 6.97. The third-order valence-electron chi connectivity index (χ3n) is 4.32. The molecule has 1 amide bonds. The minimum absolute atomic E-state index is 0.0372. The van der Waals surface area contributed by atoms with Gasteiger partial charge in [0.15, 0.2) is 5.82 Å². The predicted molar refractivity (Wildman–Crippen MR) is 86.7 cm³/mol. The Morgan fingerprint density at radius 3 is 2.61 bits per heavy atom. The van der Waals surface area contributed by atoms with Crippen LogP contribution in [0.1, 0.15) is 18.7 Å². The van der Waals surface area contributed by atoms with Gasteiger partial charge in [0.1, 0.15) is 5.82 Å². The van der Waals surface area contributed by atoms with Crippen molar-refractivity contribution in [2.75, 3.05) is 25.1 Å². The number of benzene rings is 1. The molecule has 0 saturated carbocycles. The fourth-order valence-electron chi connectivity index (χ4n) is 2.72. The number of aromatic nitrogens is 3. The maximum Gasteiger partial charge on any atom is 0.232 e. The summed E-state index contributed by atoms with van der Waals surface area (Å²) < 4.78 is 5.34. The molecule has 23 heavy (non-hydrogen) atoms. The summed E-state index contributed by atoms with van der Waals surface area (Å²) in [6, 6.07) is 7.47. The molecule has 1 aliphatic rings. The van der Waals surface area contributed by atoms with E-state index in [-0.39, 0.29) is 5.91 Å². The Morgan fingerprint density at radius 2 is 2.04 bits per heavy atom. The van der Waals surface area contributed by atoms with Crippen LogP contribution in [0.5, 0.6) is 0 Å². The molecule has 7 nitrogen and oxygen atoms in total. The Bertz CT molecular complexity index is 674. The van der Waals surface area contributed by atoms with E-state index in [0.717, 1.165) is 17.1 Å². The molecule has 4 N–H and O–H groups in total. The molecule has 0 aliphatic carbocycles. The molecular formula is C16H21N5O2. The lowest BCUT2D eigenvalue weighted by molar-refractivity contribution is -0.130. The average Bonchev–Trinajstić information content (AvgIpc) is 3.02. The fourth-order valence-corrected chi connectivity index (χ4v) is 2.72. The van der Waals surface area contributed by atoms with Crippen molar-refractivity contribution in [3.63, 3.8) is 0 Å². The molecule has 122 valence electrons. The summed E-state index contributed by atoms with van der Waals surface area (Å²) >= 11 is 0. The molecule has 0 atom stereocenters. The molecule has 0 bridgehead atoms. The number of nitrogens with one attached hydrogen (secondary N) is 2. The van der Waals surface area contributed by atoms with Crippen LogP contribution in [0.4, 0.5) is 5.69 Å². The van der Waals surface area contributed by atoms with Crippen molar-refractivity contribution in [2.45, 2.75) is 19.8 Å². The van der Waals surface area contributed by atoms with Gasteiger partial charge in [-0.05, 0) is 44.0 Å². The van der Waals surface area contributed by atoms with Gasteiger partial charge < -0.3 is 15.8 Å². The number of H-pyrrole nitrogens is 1. The molecule has 1 saturated heterocycles. The van der Waals surface area contributed by atoms with E-state index in [0.29, 0.717) is 38.4 Å². The van der Waals surface area contributed by atoms with E-state index < -0.39 is 5.41 Å². The van der Waals surface area contributed by atoms with Gasteiger partial charge in [0.05, 0.1) is 5.41 Å². The molecule has 7 heteroatoms. The lowest BCUT2D eigenvalue weighted by Crippen LogP contribution is -2.46. The first-order valence-electron chi connectivity index (χ1n) is 7.72. The summed E-state index contributed by atoms with van der Waals surface area (Å²) in [6.45, 7) is 3.34. The monoisotopic (exact) mass is 315 g/mol. The first-order chi connectivity index (χ1) is 11.1. The Kier molecular flexibility index (Phi) is 4.40. The smallest absolute Gasteiger partial charge is 0.232 e. The van der Waals surface area contributed by atoms with Gasteiger partial charge in [0, 0.05) is 31.0 Å². The minimum Gasteiger partial charge on any atom is -0.381 e. The molecule has 1 aliphatic heterocycles. The maximum atomic E-state index is 12.6. The molecule has 0 unspecified atom stereocenters. The highest BCUT2D eigenvalue weighted by Gasteiger charge is 2.38. The normalized spacial score (nSPS) is 17.0. The number of hydrogen-bond acceptors (Lipinski definition) is 5. The van der Waals surface area contributed by atoms with Crippen LogP contribution in [0.15, 0.2) is 24.3 Å². The zero-order valence-electron chi connectivity index (χ0n) is 13.1. The van der Waals surface area contributed by atoms with Crippen LogP contribution in [-0.2, 0) is 9.53 Å². The molecule has 2 heterocycles. The quantitative estimate of drug-likeness (QED) is 0.792. The molecule has 3 rings (SSSR count). The van der Waals surface area contributed by atoms with Crippen LogP contribution in [0.25, 0.3) is 11.4 Å². The van der Waals surface area contributed by atoms with E-state index in [9.17, 15) is 4.79 Å². The highest BCUT2D eigenvalue weighted by Crippen LogP contribution is 2.31. The number of carbonyl (C=O) groups excluding carboxylic acids is 1. The van der Waals surface area contributed by atoms with Gasteiger partial charge in [-0.3, -0.25) is 9.89 Å². The highest BCUT2D eigenvalue weighted by atomic mass is 16.5. The van der Waals surface area contributed by atoms with E-state index in [2.05, 4.69) is 20.5 Å². The zero-order valence-corrected chi connectivity index (χ0v) is 13.1. The lowest BCUT2D eigenvalue weighted by Gasteiger charge is -2.34. The third kappa shape index (κ3) is 3.25. The topological polar surface area (TPSA) is 106 Å². The zero-order chi connectivity index (χ0) is 16.3. The Balaban J connectivity index is 1.71. The van der Waals surface area contributed by atoms with Gasteiger partial charge in [0.25, 0.3) is 0 Å². The number of amides is 1. The van der Waals surface area contributed by atoms with Gasteiger partial charge in [-0.2, -0.15) is 5.10 Å². The second-order valence-electron chi connectivity index (χ2n) is 5.87. The number of rotatable bonds is 4. The molecule has 1 aromatic heterocycles.